The molecule has 4 nitrogen and oxygen atoms in total. The lowest BCUT2D eigenvalue weighted by Gasteiger charge is -2.10. The lowest BCUT2D eigenvalue weighted by atomic mass is 10.1. The van der Waals surface area contributed by atoms with Gasteiger partial charge in [0, 0.05) is 5.69 Å². The monoisotopic (exact) mass is 434 g/mol. The van der Waals surface area contributed by atoms with E-state index in [1.54, 1.807) is 18.2 Å². The van der Waals surface area contributed by atoms with Crippen molar-refractivity contribution in [2.75, 3.05) is 5.32 Å². The minimum Gasteiger partial charge on any atom is -0.487 e. The number of carbonyl (C=O) groups is 1. The first-order chi connectivity index (χ1) is 14.8. The molecule has 0 heterocycles. The second kappa shape index (κ2) is 9.92. The van der Waals surface area contributed by atoms with Crippen molar-refractivity contribution in [1.29, 1.82) is 5.26 Å². The molecule has 0 fully saturated rings. The standard InChI is InChI=1S/C25H20ClFN2O2/c1-16-9-17(2)11-19(10-16)15-31-24-8-3-18(13-23(24)26)12-20(14-28)25(30)29-22-6-4-21(27)5-7-22/h3-13H,15H2,1-2H3,(H,29,30)/b20-12+. The molecule has 0 atom stereocenters. The molecule has 0 bridgehead atoms. The Balaban J connectivity index is 1.71. The second-order valence-electron chi connectivity index (χ2n) is 7.11. The molecule has 3 aromatic carbocycles. The highest BCUT2D eigenvalue weighted by atomic mass is 35.5. The summed E-state index contributed by atoms with van der Waals surface area (Å²) in [6, 6.07) is 18.4. The summed E-state index contributed by atoms with van der Waals surface area (Å²) in [5.74, 6) is -0.504. The zero-order valence-electron chi connectivity index (χ0n) is 17.1. The molecule has 156 valence electrons. The highest BCUT2D eigenvalue weighted by Gasteiger charge is 2.11. The van der Waals surface area contributed by atoms with E-state index < -0.39 is 11.7 Å². The summed E-state index contributed by atoms with van der Waals surface area (Å²) >= 11 is 6.34. The number of benzene rings is 3. The zero-order valence-corrected chi connectivity index (χ0v) is 17.8. The van der Waals surface area contributed by atoms with Gasteiger partial charge in [-0.05, 0) is 67.4 Å². The molecule has 0 aromatic heterocycles. The lowest BCUT2D eigenvalue weighted by Crippen LogP contribution is -2.13. The van der Waals surface area contributed by atoms with Crippen LogP contribution in [0.15, 0.2) is 66.2 Å². The number of ether oxygens (including phenoxy) is 1. The Bertz CT molecular complexity index is 1160. The number of rotatable bonds is 6. The average molecular weight is 435 g/mol. The largest absolute Gasteiger partial charge is 0.487 e. The molecule has 1 N–H and O–H groups in total. The van der Waals surface area contributed by atoms with Crippen LogP contribution in [0.3, 0.4) is 0 Å². The van der Waals surface area contributed by atoms with E-state index in [4.69, 9.17) is 16.3 Å². The Hall–Kier alpha value is -3.62. The normalized spacial score (nSPS) is 11.0. The van der Waals surface area contributed by atoms with Gasteiger partial charge in [0.15, 0.2) is 0 Å². The first kappa shape index (κ1) is 22.1. The van der Waals surface area contributed by atoms with E-state index in [1.807, 2.05) is 19.9 Å². The van der Waals surface area contributed by atoms with Crippen LogP contribution in [0.1, 0.15) is 22.3 Å². The fraction of sp³-hybridized carbons (Fsp3) is 0.120. The van der Waals surface area contributed by atoms with Crippen molar-refractivity contribution in [3.8, 4) is 11.8 Å². The molecule has 0 aliphatic carbocycles. The molecule has 0 saturated heterocycles. The van der Waals surface area contributed by atoms with Crippen molar-refractivity contribution in [1.82, 2.24) is 0 Å². The fourth-order valence-corrected chi connectivity index (χ4v) is 3.33. The molecule has 6 heteroatoms. The number of anilines is 1. The summed E-state index contributed by atoms with van der Waals surface area (Å²) in [6.45, 7) is 4.44. The van der Waals surface area contributed by atoms with E-state index in [0.29, 0.717) is 28.6 Å². The fourth-order valence-electron chi connectivity index (χ4n) is 3.08. The lowest BCUT2D eigenvalue weighted by molar-refractivity contribution is -0.112. The average Bonchev–Trinajstić information content (AvgIpc) is 2.72. The maximum atomic E-state index is 13.0. The van der Waals surface area contributed by atoms with Gasteiger partial charge in [-0.1, -0.05) is 47.0 Å². The Labute approximate surface area is 185 Å². The highest BCUT2D eigenvalue weighted by Crippen LogP contribution is 2.27. The number of hydrogen-bond donors (Lipinski definition) is 1. The molecule has 0 unspecified atom stereocenters. The summed E-state index contributed by atoms with van der Waals surface area (Å²) in [4.78, 5) is 12.3. The molecule has 0 aliphatic heterocycles. The Morgan fingerprint density at radius 1 is 1.10 bits per heavy atom. The van der Waals surface area contributed by atoms with Gasteiger partial charge in [-0.3, -0.25) is 4.79 Å². The van der Waals surface area contributed by atoms with Gasteiger partial charge in [-0.25, -0.2) is 4.39 Å². The minimum atomic E-state index is -0.597. The van der Waals surface area contributed by atoms with Crippen molar-refractivity contribution < 1.29 is 13.9 Å². The molecular weight excluding hydrogens is 415 g/mol. The first-order valence-corrected chi connectivity index (χ1v) is 9.90. The molecule has 0 radical (unpaired) electrons. The van der Waals surface area contributed by atoms with Gasteiger partial charge < -0.3 is 10.1 Å². The van der Waals surface area contributed by atoms with Gasteiger partial charge in [0.2, 0.25) is 0 Å². The van der Waals surface area contributed by atoms with Crippen LogP contribution in [0.25, 0.3) is 6.08 Å². The van der Waals surface area contributed by atoms with Crippen LogP contribution in [-0.4, -0.2) is 5.91 Å². The third kappa shape index (κ3) is 6.18. The van der Waals surface area contributed by atoms with E-state index in [0.717, 1.165) is 16.7 Å². The minimum absolute atomic E-state index is 0.107. The van der Waals surface area contributed by atoms with E-state index >= 15 is 0 Å². The van der Waals surface area contributed by atoms with E-state index in [9.17, 15) is 14.4 Å². The van der Waals surface area contributed by atoms with E-state index in [2.05, 4.69) is 23.5 Å². The SMILES string of the molecule is Cc1cc(C)cc(COc2ccc(/C=C(\C#N)C(=O)Nc3ccc(F)cc3)cc2Cl)c1. The predicted octanol–water partition coefficient (Wildman–Crippen LogP) is 6.22. The topological polar surface area (TPSA) is 62.1 Å². The summed E-state index contributed by atoms with van der Waals surface area (Å²) in [7, 11) is 0. The van der Waals surface area contributed by atoms with Gasteiger partial charge in [0.1, 0.15) is 29.8 Å². The summed E-state index contributed by atoms with van der Waals surface area (Å²) < 4.78 is 18.8. The Morgan fingerprint density at radius 2 is 1.77 bits per heavy atom. The van der Waals surface area contributed by atoms with Crippen LogP contribution in [0.5, 0.6) is 5.75 Å². The smallest absolute Gasteiger partial charge is 0.266 e. The molecule has 0 saturated carbocycles. The molecule has 3 rings (SSSR count). The van der Waals surface area contributed by atoms with Crippen LogP contribution in [0.2, 0.25) is 5.02 Å². The highest BCUT2D eigenvalue weighted by molar-refractivity contribution is 6.32. The quantitative estimate of drug-likeness (QED) is 0.370. The Morgan fingerprint density at radius 3 is 2.39 bits per heavy atom. The summed E-state index contributed by atoms with van der Waals surface area (Å²) in [6.07, 6.45) is 1.43. The van der Waals surface area contributed by atoms with Crippen LogP contribution >= 0.6 is 11.6 Å². The van der Waals surface area contributed by atoms with Crippen molar-refractivity contribution in [2.24, 2.45) is 0 Å². The number of carbonyl (C=O) groups excluding carboxylic acids is 1. The predicted molar refractivity (Wildman–Crippen MR) is 120 cm³/mol. The van der Waals surface area contributed by atoms with Gasteiger partial charge in [0.25, 0.3) is 5.91 Å². The van der Waals surface area contributed by atoms with E-state index in [-0.39, 0.29) is 5.57 Å². The second-order valence-corrected chi connectivity index (χ2v) is 7.51. The number of nitrogens with zero attached hydrogens (tertiary/aromatic N) is 1. The van der Waals surface area contributed by atoms with Crippen molar-refractivity contribution in [3.05, 3.63) is 99.3 Å². The van der Waals surface area contributed by atoms with Crippen molar-refractivity contribution in [3.63, 3.8) is 0 Å². The summed E-state index contributed by atoms with van der Waals surface area (Å²) in [5, 5.41) is 12.3. The van der Waals surface area contributed by atoms with Gasteiger partial charge >= 0.3 is 0 Å². The Kier molecular flexibility index (Phi) is 7.07. The van der Waals surface area contributed by atoms with Crippen molar-refractivity contribution in [2.45, 2.75) is 20.5 Å². The number of aryl methyl sites for hydroxylation is 2. The zero-order chi connectivity index (χ0) is 22.4. The number of amides is 1. The maximum Gasteiger partial charge on any atom is 0.266 e. The van der Waals surface area contributed by atoms with Gasteiger partial charge in [0.05, 0.1) is 5.02 Å². The number of nitrogens with one attached hydrogen (secondary N) is 1. The third-order valence-electron chi connectivity index (χ3n) is 4.41. The van der Waals surface area contributed by atoms with Gasteiger partial charge in [-0.2, -0.15) is 5.26 Å². The van der Waals surface area contributed by atoms with Crippen LogP contribution in [-0.2, 0) is 11.4 Å². The molecule has 31 heavy (non-hydrogen) atoms. The molecular formula is C25H20ClFN2O2. The first-order valence-electron chi connectivity index (χ1n) is 9.52. The molecule has 0 spiro atoms. The van der Waals surface area contributed by atoms with Crippen LogP contribution in [0.4, 0.5) is 10.1 Å². The number of hydrogen-bond acceptors (Lipinski definition) is 3. The van der Waals surface area contributed by atoms with Gasteiger partial charge in [-0.15, -0.1) is 0 Å². The number of halogens is 2. The van der Waals surface area contributed by atoms with E-state index in [1.165, 1.54) is 30.3 Å². The van der Waals surface area contributed by atoms with Crippen molar-refractivity contribution >= 4 is 29.3 Å². The summed E-state index contributed by atoms with van der Waals surface area (Å²) in [5.41, 5.74) is 4.22. The molecule has 3 aromatic rings. The maximum absolute atomic E-state index is 13.0. The third-order valence-corrected chi connectivity index (χ3v) is 4.71. The van der Waals surface area contributed by atoms with Crippen LogP contribution in [0, 0.1) is 31.0 Å². The van der Waals surface area contributed by atoms with Crippen LogP contribution < -0.4 is 10.1 Å². The number of nitriles is 1. The molecule has 1 amide bonds. The molecule has 0 aliphatic rings.